The van der Waals surface area contributed by atoms with Gasteiger partial charge in [-0.15, -0.1) is 5.10 Å². The highest BCUT2D eigenvalue weighted by Crippen LogP contribution is 2.29. The Morgan fingerprint density at radius 1 is 1.00 bits per heavy atom. The molecule has 23 heavy (non-hydrogen) atoms. The molecule has 0 atom stereocenters. The van der Waals surface area contributed by atoms with E-state index in [4.69, 9.17) is 5.73 Å². The molecular formula is C17H13N5O. The molecule has 112 valence electrons. The third-order valence-corrected chi connectivity index (χ3v) is 3.60. The highest BCUT2D eigenvalue weighted by molar-refractivity contribution is 5.84. The van der Waals surface area contributed by atoms with Crippen LogP contribution in [0.25, 0.3) is 28.0 Å². The van der Waals surface area contributed by atoms with E-state index < -0.39 is 0 Å². The summed E-state index contributed by atoms with van der Waals surface area (Å²) in [4.78, 5) is 8.80. The number of benzene rings is 1. The first-order chi connectivity index (χ1) is 11.2. The predicted octanol–water partition coefficient (Wildman–Crippen LogP) is 2.75. The van der Waals surface area contributed by atoms with Crippen molar-refractivity contribution < 1.29 is 5.11 Å². The largest absolute Gasteiger partial charge is 0.508 e. The van der Waals surface area contributed by atoms with Crippen LogP contribution in [0.4, 0.5) is 5.82 Å². The molecule has 3 N–H and O–H groups in total. The summed E-state index contributed by atoms with van der Waals surface area (Å²) in [5, 5.41) is 13.9. The lowest BCUT2D eigenvalue weighted by Crippen LogP contribution is -1.92. The monoisotopic (exact) mass is 303 g/mol. The molecule has 0 unspecified atom stereocenters. The van der Waals surface area contributed by atoms with Crippen molar-refractivity contribution in [2.75, 3.05) is 5.73 Å². The second kappa shape index (κ2) is 5.10. The molecule has 0 fully saturated rings. The van der Waals surface area contributed by atoms with Crippen LogP contribution in [-0.2, 0) is 0 Å². The fourth-order valence-corrected chi connectivity index (χ4v) is 2.54. The van der Waals surface area contributed by atoms with Gasteiger partial charge in [-0.3, -0.25) is 4.98 Å². The standard InChI is InChI=1S/C17H13N5O/c18-16-15(14-6-1-2-7-19-14)17-20-9-12(10-22(17)21-16)11-4-3-5-13(23)8-11/h1-10,23H,(H2,18,21). The Labute approximate surface area is 131 Å². The summed E-state index contributed by atoms with van der Waals surface area (Å²) in [6, 6.07) is 12.6. The molecule has 0 aliphatic heterocycles. The predicted molar refractivity (Wildman–Crippen MR) is 87.7 cm³/mol. The highest BCUT2D eigenvalue weighted by atomic mass is 16.3. The van der Waals surface area contributed by atoms with E-state index in [1.54, 1.807) is 35.1 Å². The van der Waals surface area contributed by atoms with Crippen LogP contribution in [0, 0.1) is 0 Å². The zero-order valence-corrected chi connectivity index (χ0v) is 12.1. The molecule has 4 aromatic rings. The van der Waals surface area contributed by atoms with Crippen molar-refractivity contribution in [2.45, 2.75) is 0 Å². The zero-order valence-electron chi connectivity index (χ0n) is 12.1. The molecule has 0 aliphatic rings. The van der Waals surface area contributed by atoms with Gasteiger partial charge in [0, 0.05) is 24.2 Å². The molecule has 3 aromatic heterocycles. The number of pyridine rings is 1. The van der Waals surface area contributed by atoms with E-state index in [1.165, 1.54) is 0 Å². The van der Waals surface area contributed by atoms with Crippen LogP contribution in [-0.4, -0.2) is 24.7 Å². The van der Waals surface area contributed by atoms with Crippen LogP contribution in [0.2, 0.25) is 0 Å². The lowest BCUT2D eigenvalue weighted by Gasteiger charge is -2.03. The van der Waals surface area contributed by atoms with E-state index in [9.17, 15) is 5.11 Å². The average Bonchev–Trinajstić information content (AvgIpc) is 2.90. The van der Waals surface area contributed by atoms with Crippen LogP contribution in [0.15, 0.2) is 61.1 Å². The van der Waals surface area contributed by atoms with Gasteiger partial charge in [-0.1, -0.05) is 18.2 Å². The number of hydrogen-bond acceptors (Lipinski definition) is 5. The number of nitrogens with zero attached hydrogens (tertiary/aromatic N) is 4. The molecule has 0 amide bonds. The van der Waals surface area contributed by atoms with Gasteiger partial charge >= 0.3 is 0 Å². The second-order valence-corrected chi connectivity index (χ2v) is 5.14. The number of rotatable bonds is 2. The quantitative estimate of drug-likeness (QED) is 0.594. The van der Waals surface area contributed by atoms with Crippen LogP contribution in [0.1, 0.15) is 0 Å². The van der Waals surface area contributed by atoms with Gasteiger partial charge in [0.1, 0.15) is 5.75 Å². The molecule has 3 heterocycles. The smallest absolute Gasteiger partial charge is 0.166 e. The third kappa shape index (κ3) is 2.26. The Kier molecular flexibility index (Phi) is 2.94. The summed E-state index contributed by atoms with van der Waals surface area (Å²) in [5.74, 6) is 0.584. The van der Waals surface area contributed by atoms with Crippen molar-refractivity contribution in [3.63, 3.8) is 0 Å². The van der Waals surface area contributed by atoms with Gasteiger partial charge in [0.25, 0.3) is 0 Å². The first-order valence-electron chi connectivity index (χ1n) is 7.07. The van der Waals surface area contributed by atoms with Crippen LogP contribution >= 0.6 is 0 Å². The Morgan fingerprint density at radius 3 is 2.70 bits per heavy atom. The molecule has 1 aromatic carbocycles. The van der Waals surface area contributed by atoms with E-state index in [0.29, 0.717) is 17.0 Å². The lowest BCUT2D eigenvalue weighted by atomic mass is 10.1. The Balaban J connectivity index is 1.89. The van der Waals surface area contributed by atoms with Gasteiger partial charge in [0.2, 0.25) is 0 Å². The molecular weight excluding hydrogens is 290 g/mol. The van der Waals surface area contributed by atoms with Crippen LogP contribution < -0.4 is 5.73 Å². The fraction of sp³-hybridized carbons (Fsp3) is 0. The van der Waals surface area contributed by atoms with Crippen molar-refractivity contribution in [3.05, 3.63) is 61.1 Å². The number of nitrogen functional groups attached to an aromatic ring is 1. The van der Waals surface area contributed by atoms with Gasteiger partial charge in [-0.05, 0) is 29.8 Å². The molecule has 0 radical (unpaired) electrons. The van der Waals surface area contributed by atoms with Gasteiger partial charge < -0.3 is 10.8 Å². The summed E-state index contributed by atoms with van der Waals surface area (Å²) in [7, 11) is 0. The van der Waals surface area contributed by atoms with Gasteiger partial charge in [-0.2, -0.15) is 0 Å². The Morgan fingerprint density at radius 2 is 1.91 bits per heavy atom. The molecule has 0 spiro atoms. The number of hydrogen-bond donors (Lipinski definition) is 2. The fourth-order valence-electron chi connectivity index (χ4n) is 2.54. The topological polar surface area (TPSA) is 89.3 Å². The van der Waals surface area contributed by atoms with E-state index in [1.807, 2.05) is 30.5 Å². The molecule has 0 aliphatic carbocycles. The van der Waals surface area contributed by atoms with Crippen LogP contribution in [0.3, 0.4) is 0 Å². The highest BCUT2D eigenvalue weighted by Gasteiger charge is 2.15. The zero-order chi connectivity index (χ0) is 15.8. The normalized spacial score (nSPS) is 11.0. The van der Waals surface area contributed by atoms with E-state index in [2.05, 4.69) is 15.1 Å². The van der Waals surface area contributed by atoms with Gasteiger partial charge in [0.15, 0.2) is 11.5 Å². The lowest BCUT2D eigenvalue weighted by molar-refractivity contribution is 0.475. The Hall–Kier alpha value is -3.41. The van der Waals surface area contributed by atoms with E-state index >= 15 is 0 Å². The second-order valence-electron chi connectivity index (χ2n) is 5.14. The number of fused-ring (bicyclic) bond motifs is 1. The molecule has 6 nitrogen and oxygen atoms in total. The van der Waals surface area contributed by atoms with Gasteiger partial charge in [0.05, 0.1) is 11.3 Å². The van der Waals surface area contributed by atoms with Crippen molar-refractivity contribution in [1.82, 2.24) is 19.6 Å². The third-order valence-electron chi connectivity index (χ3n) is 3.60. The molecule has 0 saturated heterocycles. The van der Waals surface area contributed by atoms with Crippen molar-refractivity contribution in [3.8, 4) is 28.1 Å². The van der Waals surface area contributed by atoms with Crippen molar-refractivity contribution >= 4 is 11.5 Å². The maximum atomic E-state index is 9.61. The number of nitrogens with two attached hydrogens (primary N) is 1. The molecule has 6 heteroatoms. The van der Waals surface area contributed by atoms with E-state index in [0.717, 1.165) is 16.8 Å². The maximum Gasteiger partial charge on any atom is 0.166 e. The van der Waals surface area contributed by atoms with Crippen molar-refractivity contribution in [2.24, 2.45) is 0 Å². The summed E-state index contributed by atoms with van der Waals surface area (Å²) in [6.45, 7) is 0. The van der Waals surface area contributed by atoms with E-state index in [-0.39, 0.29) is 5.75 Å². The summed E-state index contributed by atoms with van der Waals surface area (Å²) >= 11 is 0. The number of anilines is 1. The number of phenols is 1. The van der Waals surface area contributed by atoms with Crippen LogP contribution in [0.5, 0.6) is 5.75 Å². The molecule has 0 bridgehead atoms. The minimum atomic E-state index is 0.205. The minimum absolute atomic E-state index is 0.205. The summed E-state index contributed by atoms with van der Waals surface area (Å²) in [6.07, 6.45) is 5.27. The summed E-state index contributed by atoms with van der Waals surface area (Å²) < 4.78 is 1.64. The average molecular weight is 303 g/mol. The summed E-state index contributed by atoms with van der Waals surface area (Å²) in [5.41, 5.74) is 9.83. The molecule has 4 rings (SSSR count). The Bertz CT molecular complexity index is 994. The number of aromatic nitrogens is 4. The number of aromatic hydroxyl groups is 1. The first kappa shape index (κ1) is 13.3. The van der Waals surface area contributed by atoms with Crippen molar-refractivity contribution in [1.29, 1.82) is 0 Å². The van der Waals surface area contributed by atoms with Gasteiger partial charge in [-0.25, -0.2) is 9.50 Å². The molecule has 0 saturated carbocycles. The first-order valence-corrected chi connectivity index (χ1v) is 7.07. The maximum absolute atomic E-state index is 9.61. The SMILES string of the molecule is Nc1nn2cc(-c3cccc(O)c3)cnc2c1-c1ccccn1. The minimum Gasteiger partial charge on any atom is -0.508 e. The number of phenolic OH excluding ortho intramolecular Hbond substituents is 1.